The summed E-state index contributed by atoms with van der Waals surface area (Å²) in [5, 5.41) is 5.56. The Kier molecular flexibility index (Phi) is 4.29. The van der Waals surface area contributed by atoms with E-state index >= 15 is 0 Å². The van der Waals surface area contributed by atoms with E-state index in [-0.39, 0.29) is 5.91 Å². The molecule has 1 amide bonds. The Labute approximate surface area is 116 Å². The van der Waals surface area contributed by atoms with E-state index in [2.05, 4.69) is 10.3 Å². The second kappa shape index (κ2) is 5.95. The second-order valence-corrected chi connectivity index (χ2v) is 5.31. The SMILES string of the molecule is Cc1cccc(NC(=O)c2csc(CCN)n2)c1C. The maximum absolute atomic E-state index is 12.1. The van der Waals surface area contributed by atoms with Gasteiger partial charge in [0.2, 0.25) is 0 Å². The molecule has 0 fully saturated rings. The molecular weight excluding hydrogens is 258 g/mol. The Morgan fingerprint density at radius 3 is 2.95 bits per heavy atom. The van der Waals surface area contributed by atoms with Crippen molar-refractivity contribution in [1.29, 1.82) is 0 Å². The van der Waals surface area contributed by atoms with Crippen LogP contribution in [0.3, 0.4) is 0 Å². The third kappa shape index (κ3) is 3.19. The average Bonchev–Trinajstić information content (AvgIpc) is 2.84. The number of anilines is 1. The summed E-state index contributed by atoms with van der Waals surface area (Å²) in [6.45, 7) is 4.56. The van der Waals surface area contributed by atoms with Gasteiger partial charge in [-0.2, -0.15) is 0 Å². The molecule has 0 spiro atoms. The first-order valence-electron chi connectivity index (χ1n) is 6.14. The minimum absolute atomic E-state index is 0.173. The molecule has 1 aromatic heterocycles. The van der Waals surface area contributed by atoms with Crippen molar-refractivity contribution in [1.82, 2.24) is 4.98 Å². The Morgan fingerprint density at radius 1 is 1.42 bits per heavy atom. The molecule has 1 heterocycles. The van der Waals surface area contributed by atoms with Gasteiger partial charge >= 0.3 is 0 Å². The summed E-state index contributed by atoms with van der Waals surface area (Å²) in [5.41, 5.74) is 8.99. The molecule has 2 rings (SSSR count). The molecule has 3 N–H and O–H groups in total. The highest BCUT2D eigenvalue weighted by molar-refractivity contribution is 7.09. The van der Waals surface area contributed by atoms with Crippen LogP contribution in [0.2, 0.25) is 0 Å². The standard InChI is InChI=1S/C14H17N3OS/c1-9-4-3-5-11(10(9)2)17-14(18)12-8-19-13(16-12)6-7-15/h3-5,8H,6-7,15H2,1-2H3,(H,17,18). The van der Waals surface area contributed by atoms with Crippen LogP contribution in [0.15, 0.2) is 23.6 Å². The van der Waals surface area contributed by atoms with Gasteiger partial charge in [0.1, 0.15) is 5.69 Å². The number of amides is 1. The smallest absolute Gasteiger partial charge is 0.275 e. The summed E-state index contributed by atoms with van der Waals surface area (Å²) < 4.78 is 0. The van der Waals surface area contributed by atoms with Gasteiger partial charge in [-0.1, -0.05) is 12.1 Å². The molecule has 0 aliphatic heterocycles. The van der Waals surface area contributed by atoms with Gasteiger partial charge in [0.25, 0.3) is 5.91 Å². The van der Waals surface area contributed by atoms with Gasteiger partial charge in [-0.25, -0.2) is 4.98 Å². The number of nitrogens with zero attached hydrogens (tertiary/aromatic N) is 1. The Bertz CT molecular complexity index is 592. The van der Waals surface area contributed by atoms with E-state index in [4.69, 9.17) is 5.73 Å². The van der Waals surface area contributed by atoms with Crippen molar-refractivity contribution in [3.8, 4) is 0 Å². The van der Waals surface area contributed by atoms with E-state index in [1.807, 2.05) is 32.0 Å². The third-order valence-electron chi connectivity index (χ3n) is 3.00. The molecule has 100 valence electrons. The van der Waals surface area contributed by atoms with Crippen molar-refractivity contribution in [2.75, 3.05) is 11.9 Å². The zero-order valence-electron chi connectivity index (χ0n) is 11.1. The van der Waals surface area contributed by atoms with E-state index in [0.29, 0.717) is 18.7 Å². The number of aryl methyl sites for hydroxylation is 1. The lowest BCUT2D eigenvalue weighted by Gasteiger charge is -2.09. The number of nitrogens with one attached hydrogen (secondary N) is 1. The van der Waals surface area contributed by atoms with Crippen LogP contribution in [-0.4, -0.2) is 17.4 Å². The van der Waals surface area contributed by atoms with Crippen molar-refractivity contribution < 1.29 is 4.79 Å². The number of hydrogen-bond donors (Lipinski definition) is 2. The van der Waals surface area contributed by atoms with Crippen LogP contribution in [0.1, 0.15) is 26.6 Å². The van der Waals surface area contributed by atoms with Crippen molar-refractivity contribution >= 4 is 22.9 Å². The maximum Gasteiger partial charge on any atom is 0.275 e. The summed E-state index contributed by atoms with van der Waals surface area (Å²) in [7, 11) is 0. The van der Waals surface area contributed by atoms with Gasteiger partial charge in [0.15, 0.2) is 0 Å². The molecule has 19 heavy (non-hydrogen) atoms. The number of aromatic nitrogens is 1. The number of rotatable bonds is 4. The molecule has 0 aliphatic rings. The number of carbonyl (C=O) groups excluding carboxylic acids is 1. The van der Waals surface area contributed by atoms with Crippen molar-refractivity contribution in [2.45, 2.75) is 20.3 Å². The fourth-order valence-corrected chi connectivity index (χ4v) is 2.52. The molecular formula is C14H17N3OS. The third-order valence-corrected chi connectivity index (χ3v) is 3.90. The van der Waals surface area contributed by atoms with Gasteiger partial charge in [0.05, 0.1) is 5.01 Å². The molecule has 0 bridgehead atoms. The predicted octanol–water partition coefficient (Wildman–Crippen LogP) is 2.51. The van der Waals surface area contributed by atoms with Crippen LogP contribution >= 0.6 is 11.3 Å². The fourth-order valence-electron chi connectivity index (χ4n) is 1.73. The highest BCUT2D eigenvalue weighted by Crippen LogP contribution is 2.19. The molecule has 2 aromatic rings. The number of carbonyl (C=O) groups is 1. The van der Waals surface area contributed by atoms with Gasteiger partial charge in [-0.05, 0) is 37.6 Å². The minimum atomic E-state index is -0.173. The van der Waals surface area contributed by atoms with E-state index in [1.165, 1.54) is 11.3 Å². The van der Waals surface area contributed by atoms with Crippen LogP contribution in [-0.2, 0) is 6.42 Å². The summed E-state index contributed by atoms with van der Waals surface area (Å²) in [4.78, 5) is 16.4. The Balaban J connectivity index is 2.14. The van der Waals surface area contributed by atoms with Gasteiger partial charge in [-0.3, -0.25) is 4.79 Å². The average molecular weight is 275 g/mol. The lowest BCUT2D eigenvalue weighted by molar-refractivity contribution is 0.102. The van der Waals surface area contributed by atoms with E-state index < -0.39 is 0 Å². The molecule has 0 unspecified atom stereocenters. The number of benzene rings is 1. The molecule has 0 saturated carbocycles. The van der Waals surface area contributed by atoms with Crippen LogP contribution in [0, 0.1) is 13.8 Å². The molecule has 0 atom stereocenters. The quantitative estimate of drug-likeness (QED) is 0.901. The number of thiazole rings is 1. The Hall–Kier alpha value is -1.72. The minimum Gasteiger partial charge on any atom is -0.330 e. The summed E-state index contributed by atoms with van der Waals surface area (Å²) in [5.74, 6) is -0.173. The van der Waals surface area contributed by atoms with Gasteiger partial charge < -0.3 is 11.1 Å². The van der Waals surface area contributed by atoms with E-state index in [0.717, 1.165) is 21.8 Å². The van der Waals surface area contributed by atoms with Crippen molar-refractivity contribution in [2.24, 2.45) is 5.73 Å². The lowest BCUT2D eigenvalue weighted by atomic mass is 10.1. The first-order valence-corrected chi connectivity index (χ1v) is 7.02. The van der Waals surface area contributed by atoms with E-state index in [9.17, 15) is 4.79 Å². The second-order valence-electron chi connectivity index (χ2n) is 4.37. The summed E-state index contributed by atoms with van der Waals surface area (Å²) in [6.07, 6.45) is 0.710. The molecule has 1 aromatic carbocycles. The van der Waals surface area contributed by atoms with Crippen LogP contribution < -0.4 is 11.1 Å². The zero-order valence-corrected chi connectivity index (χ0v) is 11.9. The zero-order chi connectivity index (χ0) is 13.8. The highest BCUT2D eigenvalue weighted by atomic mass is 32.1. The van der Waals surface area contributed by atoms with Crippen LogP contribution in [0.4, 0.5) is 5.69 Å². The lowest BCUT2D eigenvalue weighted by Crippen LogP contribution is -2.14. The van der Waals surface area contributed by atoms with E-state index in [1.54, 1.807) is 5.38 Å². The normalized spacial score (nSPS) is 10.5. The molecule has 0 radical (unpaired) electrons. The molecule has 0 saturated heterocycles. The first kappa shape index (κ1) is 13.7. The van der Waals surface area contributed by atoms with Crippen LogP contribution in [0.5, 0.6) is 0 Å². The number of nitrogens with two attached hydrogens (primary N) is 1. The maximum atomic E-state index is 12.1. The van der Waals surface area contributed by atoms with Crippen LogP contribution in [0.25, 0.3) is 0 Å². The largest absolute Gasteiger partial charge is 0.330 e. The molecule has 4 nitrogen and oxygen atoms in total. The van der Waals surface area contributed by atoms with Crippen molar-refractivity contribution in [3.05, 3.63) is 45.4 Å². The molecule has 0 aliphatic carbocycles. The van der Waals surface area contributed by atoms with Gasteiger partial charge in [-0.15, -0.1) is 11.3 Å². The monoisotopic (exact) mass is 275 g/mol. The van der Waals surface area contributed by atoms with Gasteiger partial charge in [0, 0.05) is 17.5 Å². The summed E-state index contributed by atoms with van der Waals surface area (Å²) >= 11 is 1.47. The Morgan fingerprint density at radius 2 is 2.21 bits per heavy atom. The topological polar surface area (TPSA) is 68.0 Å². The first-order chi connectivity index (χ1) is 9.11. The predicted molar refractivity (Wildman–Crippen MR) is 78.7 cm³/mol. The highest BCUT2D eigenvalue weighted by Gasteiger charge is 2.12. The van der Waals surface area contributed by atoms with Crippen molar-refractivity contribution in [3.63, 3.8) is 0 Å². The molecule has 5 heteroatoms. The number of hydrogen-bond acceptors (Lipinski definition) is 4. The summed E-state index contributed by atoms with van der Waals surface area (Å²) in [6, 6.07) is 5.85. The fraction of sp³-hybridized carbons (Fsp3) is 0.286.